The van der Waals surface area contributed by atoms with Crippen LogP contribution < -0.4 is 5.73 Å². The van der Waals surface area contributed by atoms with Gasteiger partial charge in [-0.05, 0) is 13.3 Å². The van der Waals surface area contributed by atoms with Gasteiger partial charge in [0.2, 0.25) is 5.91 Å². The minimum Gasteiger partial charge on any atom is -0.366 e. The number of primary amides is 1. The lowest BCUT2D eigenvalue weighted by Gasteiger charge is -1.94. The Labute approximate surface area is 84.0 Å². The Kier molecular flexibility index (Phi) is 6.37. The van der Waals surface area contributed by atoms with Crippen LogP contribution in [0, 0.1) is 0 Å². The van der Waals surface area contributed by atoms with E-state index in [2.05, 4.69) is 0 Å². The molecular formula is C11H16FNO. The van der Waals surface area contributed by atoms with Crippen LogP contribution in [0.5, 0.6) is 0 Å². The van der Waals surface area contributed by atoms with Crippen molar-refractivity contribution < 1.29 is 9.18 Å². The monoisotopic (exact) mass is 197 g/mol. The summed E-state index contributed by atoms with van der Waals surface area (Å²) in [7, 11) is 0. The van der Waals surface area contributed by atoms with Gasteiger partial charge >= 0.3 is 0 Å². The van der Waals surface area contributed by atoms with Crippen molar-refractivity contribution in [2.24, 2.45) is 5.73 Å². The number of carbonyl (C=O) groups is 1. The van der Waals surface area contributed by atoms with E-state index in [1.54, 1.807) is 6.08 Å². The Hall–Kier alpha value is -1.38. The van der Waals surface area contributed by atoms with Gasteiger partial charge in [-0.2, -0.15) is 0 Å². The molecule has 0 aliphatic carbocycles. The van der Waals surface area contributed by atoms with Crippen LogP contribution in [0.4, 0.5) is 4.39 Å². The Morgan fingerprint density at radius 1 is 1.50 bits per heavy atom. The van der Waals surface area contributed by atoms with Gasteiger partial charge in [-0.15, -0.1) is 0 Å². The first-order valence-electron chi connectivity index (χ1n) is 4.57. The van der Waals surface area contributed by atoms with Crippen molar-refractivity contribution in [1.82, 2.24) is 0 Å². The number of allylic oxidation sites excluding steroid dienone is 5. The number of halogens is 1. The van der Waals surface area contributed by atoms with Crippen molar-refractivity contribution in [3.8, 4) is 0 Å². The van der Waals surface area contributed by atoms with Crippen LogP contribution in [0.1, 0.15) is 26.7 Å². The zero-order chi connectivity index (χ0) is 11.0. The largest absolute Gasteiger partial charge is 0.366 e. The molecule has 78 valence electrons. The van der Waals surface area contributed by atoms with Gasteiger partial charge in [0.1, 0.15) is 5.83 Å². The molecule has 2 N–H and O–H groups in total. The first-order valence-corrected chi connectivity index (χ1v) is 4.57. The van der Waals surface area contributed by atoms with Crippen molar-refractivity contribution in [2.75, 3.05) is 0 Å². The van der Waals surface area contributed by atoms with Gasteiger partial charge in [0.25, 0.3) is 0 Å². The Morgan fingerprint density at radius 3 is 2.57 bits per heavy atom. The smallest absolute Gasteiger partial charge is 0.244 e. The molecule has 0 atom stereocenters. The standard InChI is InChI=1S/C11H16FNO/c1-3-9(4-2)6-5-7-10(12)8-11(13)14/h3,5-6,8H,4,7H2,1-2H3,(H2,13,14)/b6-5?,9-3-,10-8-. The summed E-state index contributed by atoms with van der Waals surface area (Å²) in [6.45, 7) is 3.95. The summed E-state index contributed by atoms with van der Waals surface area (Å²) >= 11 is 0. The van der Waals surface area contributed by atoms with Gasteiger partial charge in [0.15, 0.2) is 0 Å². The van der Waals surface area contributed by atoms with Crippen LogP contribution in [-0.4, -0.2) is 5.91 Å². The van der Waals surface area contributed by atoms with Crippen molar-refractivity contribution >= 4 is 5.91 Å². The quantitative estimate of drug-likeness (QED) is 0.534. The minimum atomic E-state index is -0.752. The van der Waals surface area contributed by atoms with E-state index >= 15 is 0 Å². The van der Waals surface area contributed by atoms with Gasteiger partial charge in [0, 0.05) is 12.5 Å². The first kappa shape index (κ1) is 12.6. The van der Waals surface area contributed by atoms with Crippen LogP contribution >= 0.6 is 0 Å². The lowest BCUT2D eigenvalue weighted by atomic mass is 10.1. The summed E-state index contributed by atoms with van der Waals surface area (Å²) in [5.74, 6) is -1.27. The number of amides is 1. The predicted octanol–water partition coefficient (Wildman–Crippen LogP) is 2.63. The maximum absolute atomic E-state index is 12.8. The van der Waals surface area contributed by atoms with Gasteiger partial charge in [0.05, 0.1) is 0 Å². The number of carbonyl (C=O) groups excluding carboxylic acids is 1. The second-order valence-electron chi connectivity index (χ2n) is 2.82. The van der Waals surface area contributed by atoms with E-state index in [-0.39, 0.29) is 6.42 Å². The lowest BCUT2D eigenvalue weighted by Crippen LogP contribution is -2.06. The van der Waals surface area contributed by atoms with Gasteiger partial charge in [-0.1, -0.05) is 30.7 Å². The fourth-order valence-electron chi connectivity index (χ4n) is 0.954. The third-order valence-electron chi connectivity index (χ3n) is 1.72. The highest BCUT2D eigenvalue weighted by atomic mass is 19.1. The maximum Gasteiger partial charge on any atom is 0.244 e. The van der Waals surface area contributed by atoms with Gasteiger partial charge in [-0.25, -0.2) is 4.39 Å². The van der Waals surface area contributed by atoms with Crippen LogP contribution in [0.15, 0.2) is 35.7 Å². The third-order valence-corrected chi connectivity index (χ3v) is 1.72. The average molecular weight is 197 g/mol. The summed E-state index contributed by atoms with van der Waals surface area (Å²) in [5, 5.41) is 0. The van der Waals surface area contributed by atoms with Crippen LogP contribution in [-0.2, 0) is 4.79 Å². The molecule has 14 heavy (non-hydrogen) atoms. The molecule has 0 saturated heterocycles. The normalized spacial score (nSPS) is 13.6. The average Bonchev–Trinajstić information content (AvgIpc) is 2.11. The van der Waals surface area contributed by atoms with Crippen LogP contribution in [0.3, 0.4) is 0 Å². The first-order chi connectivity index (χ1) is 6.60. The summed E-state index contributed by atoms with van der Waals surface area (Å²) in [5.41, 5.74) is 5.92. The number of rotatable bonds is 5. The fraction of sp³-hybridized carbons (Fsp3) is 0.364. The van der Waals surface area contributed by atoms with Crippen molar-refractivity contribution in [3.05, 3.63) is 35.7 Å². The van der Waals surface area contributed by atoms with E-state index in [4.69, 9.17) is 5.73 Å². The Balaban J connectivity index is 4.12. The second-order valence-corrected chi connectivity index (χ2v) is 2.82. The molecule has 0 unspecified atom stereocenters. The van der Waals surface area contributed by atoms with Crippen molar-refractivity contribution in [1.29, 1.82) is 0 Å². The lowest BCUT2D eigenvalue weighted by molar-refractivity contribution is -0.113. The highest BCUT2D eigenvalue weighted by molar-refractivity contribution is 5.86. The van der Waals surface area contributed by atoms with E-state index in [1.165, 1.54) is 0 Å². The van der Waals surface area contributed by atoms with Crippen LogP contribution in [0.2, 0.25) is 0 Å². The molecule has 0 spiro atoms. The van der Waals surface area contributed by atoms with E-state index in [0.717, 1.165) is 18.1 Å². The van der Waals surface area contributed by atoms with E-state index in [1.807, 2.05) is 26.0 Å². The SMILES string of the molecule is C/C=C(\C=CC/C(F)=C/C(N)=O)CC. The topological polar surface area (TPSA) is 43.1 Å². The second kappa shape index (κ2) is 7.06. The molecule has 1 amide bonds. The molecule has 0 fully saturated rings. The molecule has 0 heterocycles. The zero-order valence-electron chi connectivity index (χ0n) is 8.59. The highest BCUT2D eigenvalue weighted by Crippen LogP contribution is 2.07. The number of nitrogens with two attached hydrogens (primary N) is 1. The number of hydrogen-bond acceptors (Lipinski definition) is 1. The molecule has 0 bridgehead atoms. The predicted molar refractivity (Wildman–Crippen MR) is 56.2 cm³/mol. The molecule has 0 aromatic rings. The molecular weight excluding hydrogens is 181 g/mol. The molecule has 0 aliphatic heterocycles. The van der Waals surface area contributed by atoms with E-state index < -0.39 is 11.7 Å². The molecule has 2 nitrogen and oxygen atoms in total. The molecule has 0 aromatic heterocycles. The Morgan fingerprint density at radius 2 is 2.14 bits per heavy atom. The summed E-state index contributed by atoms with van der Waals surface area (Å²) in [6, 6.07) is 0. The molecule has 0 aliphatic rings. The summed E-state index contributed by atoms with van der Waals surface area (Å²) in [6.07, 6.45) is 7.30. The van der Waals surface area contributed by atoms with Crippen LogP contribution in [0.25, 0.3) is 0 Å². The highest BCUT2D eigenvalue weighted by Gasteiger charge is 1.94. The summed E-state index contributed by atoms with van der Waals surface area (Å²) in [4.78, 5) is 10.3. The Bertz CT molecular complexity index is 277. The van der Waals surface area contributed by atoms with Gasteiger partial charge in [-0.3, -0.25) is 4.79 Å². The third kappa shape index (κ3) is 6.17. The molecule has 3 heteroatoms. The van der Waals surface area contributed by atoms with E-state index in [0.29, 0.717) is 0 Å². The molecule has 0 rings (SSSR count). The minimum absolute atomic E-state index is 0.111. The van der Waals surface area contributed by atoms with Crippen molar-refractivity contribution in [3.63, 3.8) is 0 Å². The fourth-order valence-corrected chi connectivity index (χ4v) is 0.954. The molecule has 0 saturated carbocycles. The molecule has 0 aromatic carbocycles. The van der Waals surface area contributed by atoms with Crippen molar-refractivity contribution in [2.45, 2.75) is 26.7 Å². The maximum atomic E-state index is 12.8. The van der Waals surface area contributed by atoms with Gasteiger partial charge < -0.3 is 5.73 Å². The van der Waals surface area contributed by atoms with E-state index in [9.17, 15) is 9.18 Å². The number of hydrogen-bond donors (Lipinski definition) is 1. The summed E-state index contributed by atoms with van der Waals surface area (Å²) < 4.78 is 12.8. The zero-order valence-corrected chi connectivity index (χ0v) is 8.59. The molecule has 0 radical (unpaired) electrons.